The molecule has 1 aliphatic heterocycles. The van der Waals surface area contributed by atoms with Gasteiger partial charge in [-0.3, -0.25) is 9.69 Å². The van der Waals surface area contributed by atoms with Crippen LogP contribution in [-0.2, 0) is 11.3 Å². The van der Waals surface area contributed by atoms with E-state index in [9.17, 15) is 9.18 Å². The lowest BCUT2D eigenvalue weighted by Crippen LogP contribution is -2.39. The van der Waals surface area contributed by atoms with Gasteiger partial charge in [0.05, 0.1) is 19.0 Å². The highest BCUT2D eigenvalue weighted by Crippen LogP contribution is 2.25. The molecule has 0 unspecified atom stereocenters. The number of halogens is 1. The first-order valence-corrected chi connectivity index (χ1v) is 10.5. The number of amides is 1. The Labute approximate surface area is 178 Å². The van der Waals surface area contributed by atoms with Gasteiger partial charge in [-0.2, -0.15) is 5.26 Å². The fraction of sp³-hybridized carbons (Fsp3) is 0.417. The Hall–Kier alpha value is -2.91. The van der Waals surface area contributed by atoms with Crippen LogP contribution in [0.25, 0.3) is 0 Å². The van der Waals surface area contributed by atoms with Crippen LogP contribution in [0, 0.1) is 17.1 Å². The van der Waals surface area contributed by atoms with Crippen molar-refractivity contribution in [3.05, 3.63) is 59.9 Å². The van der Waals surface area contributed by atoms with Gasteiger partial charge < -0.3 is 9.80 Å². The zero-order chi connectivity index (χ0) is 21.3. The van der Waals surface area contributed by atoms with Gasteiger partial charge >= 0.3 is 0 Å². The van der Waals surface area contributed by atoms with E-state index in [2.05, 4.69) is 29.2 Å². The van der Waals surface area contributed by atoms with Crippen LogP contribution >= 0.6 is 0 Å². The van der Waals surface area contributed by atoms with Gasteiger partial charge in [0, 0.05) is 37.6 Å². The van der Waals surface area contributed by atoms with Gasteiger partial charge in [-0.25, -0.2) is 4.39 Å². The molecule has 30 heavy (non-hydrogen) atoms. The number of likely N-dealkylation sites (N-methyl/N-ethyl adjacent to an activating group) is 1. The minimum Gasteiger partial charge on any atom is -0.371 e. The van der Waals surface area contributed by atoms with Gasteiger partial charge in [0.15, 0.2) is 0 Å². The monoisotopic (exact) mass is 408 g/mol. The summed E-state index contributed by atoms with van der Waals surface area (Å²) in [6.45, 7) is 3.32. The van der Waals surface area contributed by atoms with Crippen molar-refractivity contribution in [1.82, 2.24) is 4.90 Å². The molecule has 1 aliphatic rings. The van der Waals surface area contributed by atoms with E-state index < -0.39 is 0 Å². The summed E-state index contributed by atoms with van der Waals surface area (Å²) in [5, 5.41) is 8.96. The van der Waals surface area contributed by atoms with Crippen molar-refractivity contribution < 1.29 is 9.18 Å². The van der Waals surface area contributed by atoms with Crippen LogP contribution in [0.3, 0.4) is 0 Å². The molecular formula is C24H29FN4O. The molecule has 158 valence electrons. The zero-order valence-corrected chi connectivity index (χ0v) is 17.6. The summed E-state index contributed by atoms with van der Waals surface area (Å²) in [5.41, 5.74) is 3.06. The Morgan fingerprint density at radius 1 is 1.10 bits per heavy atom. The number of rotatable bonds is 8. The highest BCUT2D eigenvalue weighted by Gasteiger charge is 2.19. The molecule has 1 amide bonds. The first kappa shape index (κ1) is 21.8. The Kier molecular flexibility index (Phi) is 7.81. The molecule has 1 fully saturated rings. The first-order valence-electron chi connectivity index (χ1n) is 10.5. The highest BCUT2D eigenvalue weighted by atomic mass is 19.1. The lowest BCUT2D eigenvalue weighted by molar-refractivity contribution is -0.119. The maximum absolute atomic E-state index is 13.3. The molecule has 0 N–H and O–H groups in total. The van der Waals surface area contributed by atoms with Crippen LogP contribution in [0.15, 0.2) is 48.5 Å². The van der Waals surface area contributed by atoms with Gasteiger partial charge in [-0.1, -0.05) is 18.2 Å². The second kappa shape index (κ2) is 10.7. The van der Waals surface area contributed by atoms with E-state index in [0.717, 1.165) is 13.1 Å². The maximum Gasteiger partial charge on any atom is 0.241 e. The summed E-state index contributed by atoms with van der Waals surface area (Å²) in [6, 6.07) is 16.3. The molecule has 6 heteroatoms. The second-order valence-corrected chi connectivity index (χ2v) is 7.78. The number of benzene rings is 2. The van der Waals surface area contributed by atoms with E-state index >= 15 is 0 Å². The summed E-state index contributed by atoms with van der Waals surface area (Å²) >= 11 is 0. The van der Waals surface area contributed by atoms with Crippen molar-refractivity contribution in [2.75, 3.05) is 43.0 Å². The van der Waals surface area contributed by atoms with E-state index in [0.29, 0.717) is 18.8 Å². The zero-order valence-electron chi connectivity index (χ0n) is 17.6. The van der Waals surface area contributed by atoms with E-state index in [-0.39, 0.29) is 24.7 Å². The predicted molar refractivity (Wildman–Crippen MR) is 118 cm³/mol. The van der Waals surface area contributed by atoms with Crippen LogP contribution in [0.1, 0.15) is 31.2 Å². The summed E-state index contributed by atoms with van der Waals surface area (Å²) < 4.78 is 13.3. The minimum absolute atomic E-state index is 0.102. The molecule has 1 heterocycles. The third-order valence-corrected chi connectivity index (χ3v) is 5.42. The van der Waals surface area contributed by atoms with E-state index in [4.69, 9.17) is 5.26 Å². The molecule has 1 saturated heterocycles. The smallest absolute Gasteiger partial charge is 0.241 e. The standard InChI is InChI=1S/C24H29FN4O/c1-27(18-20-8-3-4-9-23(20)28-15-5-2-6-16-28)19-24(30)29(17-7-14-26)22-12-10-21(25)11-13-22/h3-4,8-13H,2,5-7,15-19H2,1H3. The van der Waals surface area contributed by atoms with Crippen molar-refractivity contribution in [3.63, 3.8) is 0 Å². The number of anilines is 2. The first-order chi connectivity index (χ1) is 14.6. The topological polar surface area (TPSA) is 50.6 Å². The number of hydrogen-bond donors (Lipinski definition) is 0. The van der Waals surface area contributed by atoms with E-state index in [1.165, 1.54) is 42.6 Å². The summed E-state index contributed by atoms with van der Waals surface area (Å²) in [4.78, 5) is 19.0. The molecule has 0 atom stereocenters. The number of piperidine rings is 1. The highest BCUT2D eigenvalue weighted by molar-refractivity contribution is 5.94. The summed E-state index contributed by atoms with van der Waals surface area (Å²) in [5.74, 6) is -0.451. The van der Waals surface area contributed by atoms with Crippen LogP contribution in [-0.4, -0.2) is 44.0 Å². The quantitative estimate of drug-likeness (QED) is 0.657. The van der Waals surface area contributed by atoms with Gasteiger partial charge in [0.1, 0.15) is 5.82 Å². The van der Waals surface area contributed by atoms with Crippen LogP contribution < -0.4 is 9.80 Å². The predicted octanol–water partition coefficient (Wildman–Crippen LogP) is 4.19. The summed E-state index contributed by atoms with van der Waals surface area (Å²) in [6.07, 6.45) is 3.95. The van der Waals surface area contributed by atoms with Gasteiger partial charge in [-0.05, 0) is 62.2 Å². The number of para-hydroxylation sites is 1. The number of nitriles is 1. The van der Waals surface area contributed by atoms with Crippen LogP contribution in [0.5, 0.6) is 0 Å². The van der Waals surface area contributed by atoms with Gasteiger partial charge in [-0.15, -0.1) is 0 Å². The van der Waals surface area contributed by atoms with Crippen LogP contribution in [0.4, 0.5) is 15.8 Å². The molecule has 2 aromatic rings. The molecule has 0 aliphatic carbocycles. The third-order valence-electron chi connectivity index (χ3n) is 5.42. The van der Waals surface area contributed by atoms with E-state index in [1.54, 1.807) is 17.0 Å². The molecule has 3 rings (SSSR count). The Morgan fingerprint density at radius 3 is 2.50 bits per heavy atom. The number of nitrogens with zero attached hydrogens (tertiary/aromatic N) is 4. The SMILES string of the molecule is CN(CC(=O)N(CCC#N)c1ccc(F)cc1)Cc1ccccc1N1CCCCC1. The molecule has 0 spiro atoms. The number of carbonyl (C=O) groups excluding carboxylic acids is 1. The Morgan fingerprint density at radius 2 is 1.80 bits per heavy atom. The summed E-state index contributed by atoms with van der Waals surface area (Å²) in [7, 11) is 1.93. The van der Waals surface area contributed by atoms with Gasteiger partial charge in [0.25, 0.3) is 0 Å². The largest absolute Gasteiger partial charge is 0.371 e. The fourth-order valence-electron chi connectivity index (χ4n) is 3.93. The average Bonchev–Trinajstić information content (AvgIpc) is 2.76. The minimum atomic E-state index is -0.349. The molecule has 5 nitrogen and oxygen atoms in total. The molecule has 0 saturated carbocycles. The van der Waals surface area contributed by atoms with Crippen molar-refractivity contribution >= 4 is 17.3 Å². The van der Waals surface area contributed by atoms with Crippen molar-refractivity contribution in [2.24, 2.45) is 0 Å². The lowest BCUT2D eigenvalue weighted by atomic mass is 10.1. The van der Waals surface area contributed by atoms with Gasteiger partial charge in [0.2, 0.25) is 5.91 Å². The van der Waals surface area contributed by atoms with Crippen molar-refractivity contribution in [3.8, 4) is 6.07 Å². The average molecular weight is 409 g/mol. The number of hydrogen-bond acceptors (Lipinski definition) is 4. The fourth-order valence-corrected chi connectivity index (χ4v) is 3.93. The molecular weight excluding hydrogens is 379 g/mol. The molecule has 0 radical (unpaired) electrons. The molecule has 0 bridgehead atoms. The van der Waals surface area contributed by atoms with Crippen molar-refractivity contribution in [1.29, 1.82) is 5.26 Å². The molecule has 2 aromatic carbocycles. The van der Waals surface area contributed by atoms with Crippen molar-refractivity contribution in [2.45, 2.75) is 32.2 Å². The maximum atomic E-state index is 13.3. The molecule has 0 aromatic heterocycles. The Bertz CT molecular complexity index is 872. The normalized spacial score (nSPS) is 13.9. The van der Waals surface area contributed by atoms with E-state index in [1.807, 2.05) is 18.0 Å². The van der Waals surface area contributed by atoms with Crippen LogP contribution in [0.2, 0.25) is 0 Å². The lowest BCUT2D eigenvalue weighted by Gasteiger charge is -2.31. The second-order valence-electron chi connectivity index (χ2n) is 7.78. The Balaban J connectivity index is 1.68. The third kappa shape index (κ3) is 5.80. The number of carbonyl (C=O) groups is 1.